The molecule has 0 unspecified atom stereocenters. The van der Waals surface area contributed by atoms with Gasteiger partial charge in [0.25, 0.3) is 5.89 Å². The molecule has 8 heteroatoms. The highest BCUT2D eigenvalue weighted by atomic mass is 16.5. The molecule has 2 heterocycles. The molecule has 0 aliphatic rings. The first-order valence-electron chi connectivity index (χ1n) is 9.95. The third-order valence-corrected chi connectivity index (χ3v) is 4.43. The van der Waals surface area contributed by atoms with Crippen molar-refractivity contribution in [2.24, 2.45) is 4.99 Å². The summed E-state index contributed by atoms with van der Waals surface area (Å²) in [6, 6.07) is 6.71. The van der Waals surface area contributed by atoms with Crippen LogP contribution in [0.1, 0.15) is 39.9 Å². The van der Waals surface area contributed by atoms with Crippen molar-refractivity contribution in [2.45, 2.75) is 52.6 Å². The molecule has 0 fully saturated rings. The standard InChI is InChI=1S/C20H33N7O/c1-15(2)27(16(3)4)14-8-12-23-20(21-5)24-13-10-18-25-19(28-26-18)17-9-6-7-11-22-17/h6-7,9,11,15-16H,8,10,12-14H2,1-5H3,(H2,21,23,24). The number of hydrogen-bond acceptors (Lipinski definition) is 6. The number of nitrogens with one attached hydrogen (secondary N) is 2. The highest BCUT2D eigenvalue weighted by molar-refractivity contribution is 5.79. The maximum Gasteiger partial charge on any atom is 0.276 e. The molecule has 0 radical (unpaired) electrons. The number of rotatable bonds is 10. The van der Waals surface area contributed by atoms with Gasteiger partial charge in [0.2, 0.25) is 0 Å². The molecule has 0 bridgehead atoms. The number of hydrogen-bond donors (Lipinski definition) is 2. The van der Waals surface area contributed by atoms with Crippen molar-refractivity contribution in [2.75, 3.05) is 26.7 Å². The van der Waals surface area contributed by atoms with Gasteiger partial charge in [0.1, 0.15) is 5.69 Å². The second-order valence-corrected chi connectivity index (χ2v) is 7.19. The Kier molecular flexibility index (Phi) is 8.87. The van der Waals surface area contributed by atoms with Gasteiger partial charge in [-0.3, -0.25) is 14.9 Å². The molecule has 0 saturated heterocycles. The molecule has 0 atom stereocenters. The van der Waals surface area contributed by atoms with Crippen LogP contribution in [0.5, 0.6) is 0 Å². The van der Waals surface area contributed by atoms with E-state index in [9.17, 15) is 0 Å². The highest BCUT2D eigenvalue weighted by Gasteiger charge is 2.12. The summed E-state index contributed by atoms with van der Waals surface area (Å²) >= 11 is 0. The summed E-state index contributed by atoms with van der Waals surface area (Å²) in [5, 5.41) is 10.7. The largest absolute Gasteiger partial charge is 0.356 e. The summed E-state index contributed by atoms with van der Waals surface area (Å²) < 4.78 is 5.27. The average molecular weight is 388 g/mol. The fraction of sp³-hybridized carbons (Fsp3) is 0.600. The SMILES string of the molecule is CN=C(NCCCN(C(C)C)C(C)C)NCCc1noc(-c2ccccn2)n1. The molecular weight excluding hydrogens is 354 g/mol. The zero-order chi connectivity index (χ0) is 20.4. The summed E-state index contributed by atoms with van der Waals surface area (Å²) in [4.78, 5) is 15.4. The Balaban J connectivity index is 1.69. The zero-order valence-corrected chi connectivity index (χ0v) is 17.6. The van der Waals surface area contributed by atoms with E-state index in [4.69, 9.17) is 4.52 Å². The van der Waals surface area contributed by atoms with Crippen LogP contribution in [0.3, 0.4) is 0 Å². The Morgan fingerprint density at radius 1 is 1.14 bits per heavy atom. The maximum atomic E-state index is 5.27. The summed E-state index contributed by atoms with van der Waals surface area (Å²) in [6.45, 7) is 11.6. The van der Waals surface area contributed by atoms with Gasteiger partial charge >= 0.3 is 0 Å². The zero-order valence-electron chi connectivity index (χ0n) is 17.6. The molecule has 0 amide bonds. The monoisotopic (exact) mass is 387 g/mol. The smallest absolute Gasteiger partial charge is 0.276 e. The number of aliphatic imine (C=N–C) groups is 1. The molecular formula is C20H33N7O. The van der Waals surface area contributed by atoms with E-state index in [0.717, 1.165) is 25.5 Å². The summed E-state index contributed by atoms with van der Waals surface area (Å²) in [5.74, 6) is 1.88. The molecule has 8 nitrogen and oxygen atoms in total. The van der Waals surface area contributed by atoms with Crippen LogP contribution in [0, 0.1) is 0 Å². The molecule has 0 saturated carbocycles. The van der Waals surface area contributed by atoms with Crippen LogP contribution in [0.4, 0.5) is 0 Å². The van der Waals surface area contributed by atoms with Gasteiger partial charge in [0.15, 0.2) is 11.8 Å². The minimum Gasteiger partial charge on any atom is -0.356 e. The molecule has 2 N–H and O–H groups in total. The van der Waals surface area contributed by atoms with E-state index in [1.807, 2.05) is 18.2 Å². The van der Waals surface area contributed by atoms with Crippen molar-refractivity contribution < 1.29 is 4.52 Å². The van der Waals surface area contributed by atoms with E-state index in [-0.39, 0.29) is 0 Å². The first-order chi connectivity index (χ1) is 13.5. The van der Waals surface area contributed by atoms with Crippen LogP contribution in [-0.2, 0) is 6.42 Å². The lowest BCUT2D eigenvalue weighted by atomic mass is 10.2. The second-order valence-electron chi connectivity index (χ2n) is 7.19. The topological polar surface area (TPSA) is 91.5 Å². The normalized spacial score (nSPS) is 12.2. The van der Waals surface area contributed by atoms with Crippen LogP contribution in [0.15, 0.2) is 33.9 Å². The lowest BCUT2D eigenvalue weighted by Gasteiger charge is -2.30. The predicted octanol–water partition coefficient (Wildman–Crippen LogP) is 2.35. The number of nitrogens with zero attached hydrogens (tertiary/aromatic N) is 5. The number of pyridine rings is 1. The minimum atomic E-state index is 0.443. The van der Waals surface area contributed by atoms with E-state index in [2.05, 4.69) is 63.3 Å². The van der Waals surface area contributed by atoms with Crippen molar-refractivity contribution in [3.05, 3.63) is 30.2 Å². The molecule has 2 aromatic rings. The lowest BCUT2D eigenvalue weighted by molar-refractivity contribution is 0.173. The number of guanidine groups is 1. The Morgan fingerprint density at radius 3 is 2.54 bits per heavy atom. The van der Waals surface area contributed by atoms with Crippen LogP contribution in [-0.4, -0.2) is 64.7 Å². The molecule has 2 aromatic heterocycles. The third kappa shape index (κ3) is 6.92. The number of aromatic nitrogens is 3. The first-order valence-corrected chi connectivity index (χ1v) is 9.95. The van der Waals surface area contributed by atoms with E-state index >= 15 is 0 Å². The van der Waals surface area contributed by atoms with Gasteiger partial charge in [-0.15, -0.1) is 0 Å². The second kappa shape index (κ2) is 11.4. The summed E-state index contributed by atoms with van der Waals surface area (Å²) in [5.41, 5.74) is 0.684. The Morgan fingerprint density at radius 2 is 1.89 bits per heavy atom. The van der Waals surface area contributed by atoms with Gasteiger partial charge in [-0.05, 0) is 46.2 Å². The average Bonchev–Trinajstić information content (AvgIpc) is 3.15. The van der Waals surface area contributed by atoms with Crippen molar-refractivity contribution in [3.8, 4) is 11.6 Å². The van der Waals surface area contributed by atoms with E-state index < -0.39 is 0 Å². The van der Waals surface area contributed by atoms with Gasteiger partial charge in [0.05, 0.1) is 0 Å². The van der Waals surface area contributed by atoms with Crippen molar-refractivity contribution in [1.82, 2.24) is 30.7 Å². The molecule has 0 aliphatic heterocycles. The van der Waals surface area contributed by atoms with Gasteiger partial charge in [0, 0.05) is 51.4 Å². The van der Waals surface area contributed by atoms with Crippen molar-refractivity contribution >= 4 is 5.96 Å². The van der Waals surface area contributed by atoms with Crippen LogP contribution in [0.2, 0.25) is 0 Å². The van der Waals surface area contributed by atoms with Crippen LogP contribution in [0.25, 0.3) is 11.6 Å². The van der Waals surface area contributed by atoms with Gasteiger partial charge in [-0.25, -0.2) is 0 Å². The fourth-order valence-electron chi connectivity index (χ4n) is 3.04. The third-order valence-electron chi connectivity index (χ3n) is 4.43. The molecule has 0 aromatic carbocycles. The van der Waals surface area contributed by atoms with Crippen LogP contribution < -0.4 is 10.6 Å². The Hall–Kier alpha value is -2.48. The van der Waals surface area contributed by atoms with Gasteiger partial charge in [-0.2, -0.15) is 4.98 Å². The minimum absolute atomic E-state index is 0.443. The molecule has 2 rings (SSSR count). The van der Waals surface area contributed by atoms with Crippen molar-refractivity contribution in [1.29, 1.82) is 0 Å². The van der Waals surface area contributed by atoms with Gasteiger partial charge < -0.3 is 15.2 Å². The maximum absolute atomic E-state index is 5.27. The van der Waals surface area contributed by atoms with E-state index in [0.29, 0.717) is 42.5 Å². The quantitative estimate of drug-likeness (QED) is 0.367. The summed E-state index contributed by atoms with van der Waals surface area (Å²) in [7, 11) is 1.78. The molecule has 154 valence electrons. The summed E-state index contributed by atoms with van der Waals surface area (Å²) in [6.07, 6.45) is 3.42. The Labute approximate surface area is 167 Å². The highest BCUT2D eigenvalue weighted by Crippen LogP contribution is 2.13. The van der Waals surface area contributed by atoms with E-state index in [1.165, 1.54) is 0 Å². The van der Waals surface area contributed by atoms with Gasteiger partial charge in [-0.1, -0.05) is 11.2 Å². The predicted molar refractivity (Wildman–Crippen MR) is 112 cm³/mol. The molecule has 0 aliphatic carbocycles. The van der Waals surface area contributed by atoms with E-state index in [1.54, 1.807) is 13.2 Å². The Bertz CT molecular complexity index is 704. The van der Waals surface area contributed by atoms with Crippen molar-refractivity contribution in [3.63, 3.8) is 0 Å². The molecule has 28 heavy (non-hydrogen) atoms. The fourth-order valence-corrected chi connectivity index (χ4v) is 3.04. The lowest BCUT2D eigenvalue weighted by Crippen LogP contribution is -2.41. The first kappa shape index (κ1) is 21.8. The van der Waals surface area contributed by atoms with Crippen LogP contribution >= 0.6 is 0 Å². The molecule has 0 spiro atoms.